The SMILES string of the molecule is COC(=O)CCSc1cc([N+](=O)[O-])cc([N+](=O)[O-])c1CC=O. The van der Waals surface area contributed by atoms with Crippen LogP contribution in [0.1, 0.15) is 12.0 Å². The van der Waals surface area contributed by atoms with E-state index in [1.165, 1.54) is 7.11 Å². The van der Waals surface area contributed by atoms with Gasteiger partial charge in [0, 0.05) is 23.1 Å². The second-order valence-corrected chi connectivity index (χ2v) is 5.14. The van der Waals surface area contributed by atoms with E-state index in [1.54, 1.807) is 0 Å². The first-order valence-corrected chi connectivity index (χ1v) is 6.98. The molecular weight excluding hydrogens is 316 g/mol. The third kappa shape index (κ3) is 4.52. The van der Waals surface area contributed by atoms with E-state index in [1.807, 2.05) is 0 Å². The zero-order chi connectivity index (χ0) is 16.7. The van der Waals surface area contributed by atoms with Crippen molar-refractivity contribution in [3.63, 3.8) is 0 Å². The summed E-state index contributed by atoms with van der Waals surface area (Å²) in [5.41, 5.74) is -0.829. The lowest BCUT2D eigenvalue weighted by Crippen LogP contribution is -2.03. The minimum atomic E-state index is -0.768. The van der Waals surface area contributed by atoms with Crippen LogP contribution < -0.4 is 0 Å². The molecule has 0 spiro atoms. The number of hydrogen-bond donors (Lipinski definition) is 0. The van der Waals surface area contributed by atoms with Crippen LogP contribution in [0.25, 0.3) is 0 Å². The molecule has 0 atom stereocenters. The molecule has 0 aromatic heterocycles. The van der Waals surface area contributed by atoms with Crippen LogP contribution >= 0.6 is 11.8 Å². The zero-order valence-corrected chi connectivity index (χ0v) is 12.3. The zero-order valence-electron chi connectivity index (χ0n) is 11.5. The van der Waals surface area contributed by atoms with E-state index in [-0.39, 0.29) is 29.1 Å². The van der Waals surface area contributed by atoms with Crippen molar-refractivity contribution in [2.24, 2.45) is 0 Å². The van der Waals surface area contributed by atoms with Crippen LogP contribution in [0.3, 0.4) is 0 Å². The first-order valence-electron chi connectivity index (χ1n) is 5.99. The topological polar surface area (TPSA) is 130 Å². The van der Waals surface area contributed by atoms with E-state index in [4.69, 9.17) is 0 Å². The predicted molar refractivity (Wildman–Crippen MR) is 76.9 cm³/mol. The summed E-state index contributed by atoms with van der Waals surface area (Å²) in [4.78, 5) is 42.4. The molecular formula is C12H12N2O7S. The van der Waals surface area contributed by atoms with Crippen LogP contribution in [-0.2, 0) is 20.7 Å². The third-order valence-corrected chi connectivity index (χ3v) is 3.74. The minimum absolute atomic E-state index is 0.0399. The summed E-state index contributed by atoms with van der Waals surface area (Å²) < 4.78 is 4.46. The van der Waals surface area contributed by atoms with Gasteiger partial charge in [0.2, 0.25) is 0 Å². The Hall–Kier alpha value is -2.49. The summed E-state index contributed by atoms with van der Waals surface area (Å²) in [5, 5.41) is 21.9. The predicted octanol–water partition coefficient (Wildman–Crippen LogP) is 1.90. The van der Waals surface area contributed by atoms with Crippen LogP contribution in [0.4, 0.5) is 11.4 Å². The number of esters is 1. The maximum absolute atomic E-state index is 11.1. The highest BCUT2D eigenvalue weighted by Gasteiger charge is 2.24. The van der Waals surface area contributed by atoms with Crippen molar-refractivity contribution in [2.45, 2.75) is 17.7 Å². The molecule has 0 saturated carbocycles. The normalized spacial score (nSPS) is 10.0. The number of nitro benzene ring substituents is 2. The Labute approximate surface area is 128 Å². The smallest absolute Gasteiger partial charge is 0.306 e. The average molecular weight is 328 g/mol. The maximum atomic E-state index is 11.1. The summed E-state index contributed by atoms with van der Waals surface area (Å²) >= 11 is 1.03. The first kappa shape index (κ1) is 17.6. The molecule has 0 bridgehead atoms. The van der Waals surface area contributed by atoms with E-state index < -0.39 is 27.2 Å². The Bertz CT molecular complexity index is 618. The van der Waals surface area contributed by atoms with Crippen molar-refractivity contribution >= 4 is 35.4 Å². The quantitative estimate of drug-likeness (QED) is 0.232. The largest absolute Gasteiger partial charge is 0.469 e. The lowest BCUT2D eigenvalue weighted by atomic mass is 10.1. The van der Waals surface area contributed by atoms with Crippen molar-refractivity contribution in [3.05, 3.63) is 37.9 Å². The molecule has 1 rings (SSSR count). The summed E-state index contributed by atoms with van der Waals surface area (Å²) in [5.74, 6) is -0.249. The van der Waals surface area contributed by atoms with Gasteiger partial charge in [-0.3, -0.25) is 25.0 Å². The van der Waals surface area contributed by atoms with Crippen molar-refractivity contribution in [1.82, 2.24) is 0 Å². The molecule has 0 amide bonds. The Morgan fingerprint density at radius 2 is 2.00 bits per heavy atom. The summed E-state index contributed by atoms with van der Waals surface area (Å²) in [6, 6.07) is 1.98. The molecule has 0 aliphatic rings. The molecule has 0 N–H and O–H groups in total. The minimum Gasteiger partial charge on any atom is -0.469 e. The number of nitro groups is 2. The van der Waals surface area contributed by atoms with Crippen LogP contribution in [0.15, 0.2) is 17.0 Å². The summed E-state index contributed by atoms with van der Waals surface area (Å²) in [6.07, 6.45) is 0.283. The van der Waals surface area contributed by atoms with E-state index in [0.717, 1.165) is 23.9 Å². The van der Waals surface area contributed by atoms with Crippen molar-refractivity contribution in [1.29, 1.82) is 0 Å². The van der Waals surface area contributed by atoms with Gasteiger partial charge in [0.1, 0.15) is 6.29 Å². The molecule has 0 radical (unpaired) electrons. The number of carbonyl (C=O) groups is 2. The van der Waals surface area contributed by atoms with Crippen molar-refractivity contribution in [2.75, 3.05) is 12.9 Å². The first-order chi connectivity index (χ1) is 10.4. The third-order valence-electron chi connectivity index (χ3n) is 2.66. The molecule has 0 saturated heterocycles. The Kier molecular flexibility index (Phi) is 6.45. The number of hydrogen-bond acceptors (Lipinski definition) is 8. The highest BCUT2D eigenvalue weighted by Crippen LogP contribution is 2.35. The van der Waals surface area contributed by atoms with Gasteiger partial charge in [-0.25, -0.2) is 0 Å². The number of nitrogens with zero attached hydrogens (tertiary/aromatic N) is 2. The molecule has 22 heavy (non-hydrogen) atoms. The lowest BCUT2D eigenvalue weighted by Gasteiger charge is -2.07. The van der Waals surface area contributed by atoms with Crippen molar-refractivity contribution < 1.29 is 24.2 Å². The van der Waals surface area contributed by atoms with Crippen molar-refractivity contribution in [3.8, 4) is 0 Å². The number of methoxy groups -OCH3 is 1. The van der Waals surface area contributed by atoms with Crippen LogP contribution in [0.2, 0.25) is 0 Å². The molecule has 0 heterocycles. The molecule has 1 aromatic rings. The monoisotopic (exact) mass is 328 g/mol. The van der Waals surface area contributed by atoms with E-state index in [2.05, 4.69) is 4.74 Å². The van der Waals surface area contributed by atoms with Gasteiger partial charge in [-0.15, -0.1) is 11.8 Å². The van der Waals surface area contributed by atoms with E-state index in [0.29, 0.717) is 6.29 Å². The number of benzene rings is 1. The van der Waals surface area contributed by atoms with Gasteiger partial charge in [-0.1, -0.05) is 0 Å². The van der Waals surface area contributed by atoms with Gasteiger partial charge in [0.15, 0.2) is 0 Å². The molecule has 9 nitrogen and oxygen atoms in total. The van der Waals surface area contributed by atoms with Crippen LogP contribution in [-0.4, -0.2) is 35.0 Å². The average Bonchev–Trinajstić information content (AvgIpc) is 2.47. The van der Waals surface area contributed by atoms with Gasteiger partial charge < -0.3 is 9.53 Å². The van der Waals surface area contributed by atoms with Gasteiger partial charge in [-0.05, 0) is 0 Å². The molecule has 10 heteroatoms. The van der Waals surface area contributed by atoms with E-state index >= 15 is 0 Å². The Balaban J connectivity index is 3.19. The maximum Gasteiger partial charge on any atom is 0.306 e. The fourth-order valence-electron chi connectivity index (χ4n) is 1.65. The molecule has 0 aliphatic carbocycles. The standard InChI is InChI=1S/C12H12N2O7S/c1-21-12(16)3-5-22-11-7-8(13(17)18)6-10(14(19)20)9(11)2-4-15/h4,6-7H,2-3,5H2,1H3. The lowest BCUT2D eigenvalue weighted by molar-refractivity contribution is -0.394. The van der Waals surface area contributed by atoms with Gasteiger partial charge >= 0.3 is 5.97 Å². The Morgan fingerprint density at radius 1 is 1.32 bits per heavy atom. The Morgan fingerprint density at radius 3 is 2.50 bits per heavy atom. The molecule has 0 unspecified atom stereocenters. The molecule has 0 aliphatic heterocycles. The second-order valence-electron chi connectivity index (χ2n) is 4.00. The number of aldehydes is 1. The molecule has 1 aromatic carbocycles. The highest BCUT2D eigenvalue weighted by atomic mass is 32.2. The number of non-ortho nitro benzene ring substituents is 1. The summed E-state index contributed by atoms with van der Waals surface area (Å²) in [7, 11) is 1.23. The number of thioether (sulfide) groups is 1. The number of carbonyl (C=O) groups excluding carboxylic acids is 2. The van der Waals surface area contributed by atoms with Crippen LogP contribution in [0, 0.1) is 20.2 Å². The van der Waals surface area contributed by atoms with Gasteiger partial charge in [0.05, 0.1) is 35.0 Å². The number of rotatable bonds is 8. The van der Waals surface area contributed by atoms with E-state index in [9.17, 15) is 29.8 Å². The van der Waals surface area contributed by atoms with Gasteiger partial charge in [-0.2, -0.15) is 0 Å². The summed E-state index contributed by atoms with van der Waals surface area (Å²) in [6.45, 7) is 0. The molecule has 118 valence electrons. The fraction of sp³-hybridized carbons (Fsp3) is 0.333. The number of ether oxygens (including phenoxy) is 1. The van der Waals surface area contributed by atoms with Gasteiger partial charge in [0.25, 0.3) is 11.4 Å². The fourth-order valence-corrected chi connectivity index (χ4v) is 2.70. The second kappa shape index (κ2) is 8.08. The highest BCUT2D eigenvalue weighted by molar-refractivity contribution is 7.99. The molecule has 0 fully saturated rings. The van der Waals surface area contributed by atoms with Crippen LogP contribution in [0.5, 0.6) is 0 Å².